The van der Waals surface area contributed by atoms with E-state index >= 15 is 0 Å². The SMILES string of the molecule is COc1cc(C#N)ccc1OC(=O)c1ccc(-n2nc(C)cc2C)cc1. The number of rotatable bonds is 4. The minimum atomic E-state index is -0.507. The Hall–Kier alpha value is -3.59. The van der Waals surface area contributed by atoms with Crippen LogP contribution in [0.1, 0.15) is 27.3 Å². The van der Waals surface area contributed by atoms with E-state index in [1.165, 1.54) is 13.2 Å². The lowest BCUT2D eigenvalue weighted by Crippen LogP contribution is -2.10. The van der Waals surface area contributed by atoms with Crippen molar-refractivity contribution in [2.75, 3.05) is 7.11 Å². The fraction of sp³-hybridized carbons (Fsp3) is 0.150. The van der Waals surface area contributed by atoms with Gasteiger partial charge < -0.3 is 9.47 Å². The van der Waals surface area contributed by atoms with E-state index in [2.05, 4.69) is 5.10 Å². The zero-order chi connectivity index (χ0) is 18.7. The number of aromatic nitrogens is 2. The van der Waals surface area contributed by atoms with Crippen molar-refractivity contribution < 1.29 is 14.3 Å². The van der Waals surface area contributed by atoms with Gasteiger partial charge in [-0.15, -0.1) is 0 Å². The normalized spacial score (nSPS) is 10.2. The molecule has 0 saturated heterocycles. The summed E-state index contributed by atoms with van der Waals surface area (Å²) in [5.74, 6) is 0.0868. The molecule has 1 heterocycles. The summed E-state index contributed by atoms with van der Waals surface area (Å²) in [6.45, 7) is 3.90. The Labute approximate surface area is 151 Å². The zero-order valence-electron chi connectivity index (χ0n) is 14.7. The van der Waals surface area contributed by atoms with Gasteiger partial charge in [0.15, 0.2) is 11.5 Å². The van der Waals surface area contributed by atoms with E-state index in [4.69, 9.17) is 14.7 Å². The first-order valence-electron chi connectivity index (χ1n) is 7.96. The highest BCUT2D eigenvalue weighted by Gasteiger charge is 2.13. The molecule has 0 unspecified atom stereocenters. The minimum Gasteiger partial charge on any atom is -0.493 e. The van der Waals surface area contributed by atoms with Crippen molar-refractivity contribution in [3.8, 4) is 23.3 Å². The van der Waals surface area contributed by atoms with Crippen molar-refractivity contribution in [1.29, 1.82) is 5.26 Å². The van der Waals surface area contributed by atoms with Gasteiger partial charge in [-0.05, 0) is 56.3 Å². The third-order valence-electron chi connectivity index (χ3n) is 3.85. The largest absolute Gasteiger partial charge is 0.493 e. The molecular formula is C20H17N3O3. The van der Waals surface area contributed by atoms with Gasteiger partial charge in [0.2, 0.25) is 0 Å². The van der Waals surface area contributed by atoms with Crippen molar-refractivity contribution >= 4 is 5.97 Å². The zero-order valence-corrected chi connectivity index (χ0v) is 14.7. The molecule has 0 fully saturated rings. The summed E-state index contributed by atoms with van der Waals surface area (Å²) in [6.07, 6.45) is 0. The molecule has 0 aliphatic heterocycles. The van der Waals surface area contributed by atoms with Gasteiger partial charge in [0, 0.05) is 11.8 Å². The molecule has 130 valence electrons. The van der Waals surface area contributed by atoms with Crippen LogP contribution in [-0.2, 0) is 0 Å². The molecule has 6 heteroatoms. The molecule has 0 aliphatic rings. The quantitative estimate of drug-likeness (QED) is 0.532. The van der Waals surface area contributed by atoms with Gasteiger partial charge >= 0.3 is 5.97 Å². The maximum Gasteiger partial charge on any atom is 0.343 e. The second-order valence-electron chi connectivity index (χ2n) is 5.75. The molecule has 0 saturated carbocycles. The van der Waals surface area contributed by atoms with Crippen LogP contribution < -0.4 is 9.47 Å². The van der Waals surface area contributed by atoms with Crippen LogP contribution in [0.5, 0.6) is 11.5 Å². The molecule has 6 nitrogen and oxygen atoms in total. The molecule has 0 aliphatic carbocycles. The van der Waals surface area contributed by atoms with E-state index in [1.54, 1.807) is 24.3 Å². The molecule has 0 bridgehead atoms. The van der Waals surface area contributed by atoms with E-state index in [0.717, 1.165) is 17.1 Å². The van der Waals surface area contributed by atoms with Crippen molar-refractivity contribution in [1.82, 2.24) is 9.78 Å². The number of hydrogen-bond acceptors (Lipinski definition) is 5. The fourth-order valence-electron chi connectivity index (χ4n) is 2.61. The summed E-state index contributed by atoms with van der Waals surface area (Å²) in [6, 6.07) is 15.6. The average molecular weight is 347 g/mol. The number of methoxy groups -OCH3 is 1. The van der Waals surface area contributed by atoms with Crippen molar-refractivity contribution in [3.63, 3.8) is 0 Å². The highest BCUT2D eigenvalue weighted by molar-refractivity contribution is 5.91. The number of hydrogen-bond donors (Lipinski definition) is 0. The monoisotopic (exact) mass is 347 g/mol. The third-order valence-corrected chi connectivity index (χ3v) is 3.85. The smallest absolute Gasteiger partial charge is 0.343 e. The number of nitrogens with zero attached hydrogens (tertiary/aromatic N) is 3. The standard InChI is InChI=1S/C20H17N3O3/c1-13-10-14(2)23(22-13)17-7-5-16(6-8-17)20(24)26-18-9-4-15(12-21)11-19(18)25-3/h4-11H,1-3H3. The molecule has 3 rings (SSSR count). The van der Waals surface area contributed by atoms with Gasteiger partial charge in [-0.2, -0.15) is 10.4 Å². The van der Waals surface area contributed by atoms with Crippen LogP contribution in [0.4, 0.5) is 0 Å². The Morgan fingerprint density at radius 1 is 1.08 bits per heavy atom. The van der Waals surface area contributed by atoms with E-state index in [0.29, 0.717) is 16.9 Å². The number of benzene rings is 2. The van der Waals surface area contributed by atoms with Crippen LogP contribution in [0.2, 0.25) is 0 Å². The third kappa shape index (κ3) is 3.42. The number of esters is 1. The lowest BCUT2D eigenvalue weighted by atomic mass is 10.2. The van der Waals surface area contributed by atoms with Gasteiger partial charge in [0.1, 0.15) is 0 Å². The summed E-state index contributed by atoms with van der Waals surface area (Å²) in [5.41, 5.74) is 3.64. The van der Waals surface area contributed by atoms with Crippen LogP contribution in [0.25, 0.3) is 5.69 Å². The van der Waals surface area contributed by atoms with E-state index in [1.807, 2.05) is 42.8 Å². The molecule has 0 amide bonds. The van der Waals surface area contributed by atoms with Crippen molar-refractivity contribution in [3.05, 3.63) is 71.0 Å². The number of carbonyl (C=O) groups excluding carboxylic acids is 1. The Morgan fingerprint density at radius 2 is 1.81 bits per heavy atom. The van der Waals surface area contributed by atoms with Gasteiger partial charge in [-0.25, -0.2) is 9.48 Å². The Bertz CT molecular complexity index is 998. The lowest BCUT2D eigenvalue weighted by Gasteiger charge is -2.10. The molecule has 0 spiro atoms. The molecule has 0 N–H and O–H groups in total. The molecule has 0 atom stereocenters. The first-order valence-corrected chi connectivity index (χ1v) is 7.96. The molecular weight excluding hydrogens is 330 g/mol. The van der Waals surface area contributed by atoms with Gasteiger partial charge in [-0.1, -0.05) is 0 Å². The van der Waals surface area contributed by atoms with E-state index < -0.39 is 5.97 Å². The fourth-order valence-corrected chi connectivity index (χ4v) is 2.61. The van der Waals surface area contributed by atoms with Crippen LogP contribution in [0, 0.1) is 25.2 Å². The second-order valence-corrected chi connectivity index (χ2v) is 5.75. The Balaban J connectivity index is 1.81. The van der Waals surface area contributed by atoms with Crippen LogP contribution in [0.15, 0.2) is 48.5 Å². The second kappa shape index (κ2) is 7.11. The van der Waals surface area contributed by atoms with Crippen LogP contribution >= 0.6 is 0 Å². The maximum atomic E-state index is 12.4. The van der Waals surface area contributed by atoms with Crippen molar-refractivity contribution in [2.45, 2.75) is 13.8 Å². The number of nitriles is 1. The predicted octanol–water partition coefficient (Wildman–Crippen LogP) is 3.59. The summed E-state index contributed by atoms with van der Waals surface area (Å²) < 4.78 is 12.4. The average Bonchev–Trinajstić information content (AvgIpc) is 3.00. The molecule has 3 aromatic rings. The number of ether oxygens (including phenoxy) is 2. The number of aryl methyl sites for hydroxylation is 2. The molecule has 26 heavy (non-hydrogen) atoms. The summed E-state index contributed by atoms with van der Waals surface area (Å²) >= 11 is 0. The minimum absolute atomic E-state index is 0.263. The lowest BCUT2D eigenvalue weighted by molar-refractivity contribution is 0.0729. The topological polar surface area (TPSA) is 77.1 Å². The van der Waals surface area contributed by atoms with Crippen molar-refractivity contribution in [2.24, 2.45) is 0 Å². The molecule has 2 aromatic carbocycles. The van der Waals surface area contributed by atoms with Gasteiger partial charge in [0.05, 0.1) is 35.7 Å². The van der Waals surface area contributed by atoms with Crippen LogP contribution in [0.3, 0.4) is 0 Å². The summed E-state index contributed by atoms with van der Waals surface area (Å²) in [7, 11) is 1.46. The maximum absolute atomic E-state index is 12.4. The summed E-state index contributed by atoms with van der Waals surface area (Å²) in [5, 5.41) is 13.3. The first-order chi connectivity index (χ1) is 12.5. The van der Waals surface area contributed by atoms with Gasteiger partial charge in [-0.3, -0.25) is 0 Å². The Morgan fingerprint density at radius 3 is 2.38 bits per heavy atom. The first kappa shape index (κ1) is 17.2. The van der Waals surface area contributed by atoms with Gasteiger partial charge in [0.25, 0.3) is 0 Å². The van der Waals surface area contributed by atoms with E-state index in [-0.39, 0.29) is 5.75 Å². The molecule has 0 radical (unpaired) electrons. The number of carbonyl (C=O) groups is 1. The summed E-state index contributed by atoms with van der Waals surface area (Å²) in [4.78, 5) is 12.4. The van der Waals surface area contributed by atoms with E-state index in [9.17, 15) is 4.79 Å². The van der Waals surface area contributed by atoms with Crippen LogP contribution in [-0.4, -0.2) is 22.9 Å². The highest BCUT2D eigenvalue weighted by atomic mass is 16.6. The molecule has 1 aromatic heterocycles. The Kier molecular flexibility index (Phi) is 4.72. The predicted molar refractivity (Wildman–Crippen MR) is 95.7 cm³/mol. The highest BCUT2D eigenvalue weighted by Crippen LogP contribution is 2.28.